The van der Waals surface area contributed by atoms with Gasteiger partial charge in [-0.05, 0) is 43.2 Å². The van der Waals surface area contributed by atoms with Crippen LogP contribution in [-0.4, -0.2) is 38.1 Å². The van der Waals surface area contributed by atoms with Gasteiger partial charge in [0.15, 0.2) is 5.96 Å². The van der Waals surface area contributed by atoms with Gasteiger partial charge in [0, 0.05) is 31.8 Å². The van der Waals surface area contributed by atoms with Crippen LogP contribution in [0.3, 0.4) is 0 Å². The van der Waals surface area contributed by atoms with Gasteiger partial charge in [0.25, 0.3) is 5.91 Å². The van der Waals surface area contributed by atoms with E-state index >= 15 is 0 Å². The molecule has 2 rings (SSSR count). The first-order valence-corrected chi connectivity index (χ1v) is 9.79. The smallest absolute Gasteiger partial charge is 0.251 e. The van der Waals surface area contributed by atoms with Gasteiger partial charge in [0.2, 0.25) is 0 Å². The number of rotatable bonds is 9. The van der Waals surface area contributed by atoms with Crippen LogP contribution in [0.4, 0.5) is 4.39 Å². The summed E-state index contributed by atoms with van der Waals surface area (Å²) in [5.41, 5.74) is 1.60. The predicted octanol–water partition coefficient (Wildman–Crippen LogP) is 3.72. The Bertz CT molecular complexity index is 832. The number of hydrogen-bond acceptors (Lipinski definition) is 3. The van der Waals surface area contributed by atoms with Crippen molar-refractivity contribution in [1.29, 1.82) is 0 Å². The van der Waals surface area contributed by atoms with E-state index in [1.165, 1.54) is 12.1 Å². The van der Waals surface area contributed by atoms with Crippen LogP contribution >= 0.6 is 24.0 Å². The van der Waals surface area contributed by atoms with Crippen molar-refractivity contribution in [2.45, 2.75) is 32.9 Å². The van der Waals surface area contributed by atoms with Gasteiger partial charge in [-0.15, -0.1) is 24.0 Å². The van der Waals surface area contributed by atoms with Gasteiger partial charge >= 0.3 is 0 Å². The van der Waals surface area contributed by atoms with Crippen LogP contribution in [0.5, 0.6) is 5.75 Å². The zero-order chi connectivity index (χ0) is 21.1. The van der Waals surface area contributed by atoms with Crippen molar-refractivity contribution < 1.29 is 13.9 Å². The van der Waals surface area contributed by atoms with Crippen LogP contribution in [0.25, 0.3) is 0 Å². The number of nitrogens with zero attached hydrogens (tertiary/aromatic N) is 1. The number of guanidine groups is 1. The second-order valence-corrected chi connectivity index (χ2v) is 6.47. The summed E-state index contributed by atoms with van der Waals surface area (Å²) in [5, 5.41) is 9.25. The average Bonchev–Trinajstić information content (AvgIpc) is 2.73. The minimum atomic E-state index is -0.322. The van der Waals surface area contributed by atoms with Gasteiger partial charge < -0.3 is 20.7 Å². The molecule has 0 radical (unpaired) electrons. The standard InChI is InChI=1S/C22H29FN4O2.HI/c1-4-19(29-20-11-7-10-18(23)13-20)15-27-22(24-3)26-14-16-8-6-9-17(12-16)21(28)25-5-2;/h6-13,19H,4-5,14-15H2,1-3H3,(H,25,28)(H2,24,26,27);1H. The molecule has 0 aliphatic heterocycles. The van der Waals surface area contributed by atoms with Crippen LogP contribution in [0, 0.1) is 5.82 Å². The zero-order valence-electron chi connectivity index (χ0n) is 17.6. The second kappa shape index (κ2) is 13.8. The summed E-state index contributed by atoms with van der Waals surface area (Å²) in [6.45, 7) is 5.53. The molecule has 8 heteroatoms. The van der Waals surface area contributed by atoms with Crippen LogP contribution in [0.15, 0.2) is 53.5 Å². The first-order chi connectivity index (χ1) is 14.0. The maximum atomic E-state index is 13.3. The highest BCUT2D eigenvalue weighted by molar-refractivity contribution is 14.0. The molecule has 3 N–H and O–H groups in total. The SMILES string of the molecule is CCNC(=O)c1cccc(CNC(=NC)NCC(CC)Oc2cccc(F)c2)c1.I. The number of ether oxygens (including phenoxy) is 1. The Hall–Kier alpha value is -2.36. The first-order valence-electron chi connectivity index (χ1n) is 9.79. The molecule has 0 aromatic heterocycles. The maximum Gasteiger partial charge on any atom is 0.251 e. The Kier molecular flexibility index (Phi) is 11.8. The molecule has 1 atom stereocenters. The third-order valence-corrected chi connectivity index (χ3v) is 4.26. The fraction of sp³-hybridized carbons (Fsp3) is 0.364. The highest BCUT2D eigenvalue weighted by atomic mass is 127. The van der Waals surface area contributed by atoms with E-state index in [-0.39, 0.29) is 41.8 Å². The van der Waals surface area contributed by atoms with Crippen molar-refractivity contribution in [2.24, 2.45) is 4.99 Å². The molecule has 30 heavy (non-hydrogen) atoms. The van der Waals surface area contributed by atoms with Crippen molar-refractivity contribution in [3.63, 3.8) is 0 Å². The summed E-state index contributed by atoms with van der Waals surface area (Å²) >= 11 is 0. The number of carbonyl (C=O) groups excluding carboxylic acids is 1. The largest absolute Gasteiger partial charge is 0.489 e. The van der Waals surface area contributed by atoms with Crippen molar-refractivity contribution in [1.82, 2.24) is 16.0 Å². The molecule has 0 aliphatic rings. The lowest BCUT2D eigenvalue weighted by Gasteiger charge is -2.20. The highest BCUT2D eigenvalue weighted by Crippen LogP contribution is 2.14. The highest BCUT2D eigenvalue weighted by Gasteiger charge is 2.10. The van der Waals surface area contributed by atoms with Crippen molar-refractivity contribution in [3.8, 4) is 5.75 Å². The lowest BCUT2D eigenvalue weighted by Crippen LogP contribution is -2.42. The number of nitrogens with one attached hydrogen (secondary N) is 3. The quantitative estimate of drug-likeness (QED) is 0.264. The number of hydrogen-bond donors (Lipinski definition) is 3. The lowest BCUT2D eigenvalue weighted by atomic mass is 10.1. The molecule has 1 unspecified atom stereocenters. The van der Waals surface area contributed by atoms with Gasteiger partial charge in [-0.1, -0.05) is 25.1 Å². The van der Waals surface area contributed by atoms with E-state index in [1.807, 2.05) is 32.0 Å². The van der Waals surface area contributed by atoms with E-state index in [9.17, 15) is 9.18 Å². The number of amides is 1. The summed E-state index contributed by atoms with van der Waals surface area (Å²) in [4.78, 5) is 16.2. The van der Waals surface area contributed by atoms with E-state index in [0.717, 1.165) is 12.0 Å². The molecule has 2 aromatic carbocycles. The maximum absolute atomic E-state index is 13.3. The second-order valence-electron chi connectivity index (χ2n) is 6.47. The summed E-state index contributed by atoms with van der Waals surface area (Å²) in [7, 11) is 1.69. The zero-order valence-corrected chi connectivity index (χ0v) is 19.9. The van der Waals surface area contributed by atoms with E-state index < -0.39 is 0 Å². The van der Waals surface area contributed by atoms with Gasteiger partial charge in [0.05, 0.1) is 6.54 Å². The van der Waals surface area contributed by atoms with E-state index in [2.05, 4.69) is 20.9 Å². The van der Waals surface area contributed by atoms with Crippen LogP contribution in [0.1, 0.15) is 36.2 Å². The minimum absolute atomic E-state index is 0. The third-order valence-electron chi connectivity index (χ3n) is 4.26. The number of benzene rings is 2. The molecule has 2 aromatic rings. The summed E-state index contributed by atoms with van der Waals surface area (Å²) in [6.07, 6.45) is 0.631. The molecule has 0 spiro atoms. The van der Waals surface area contributed by atoms with Gasteiger partial charge in [-0.3, -0.25) is 9.79 Å². The molecule has 0 fully saturated rings. The molecule has 1 amide bonds. The number of halogens is 2. The molecular formula is C22H30FIN4O2. The van der Waals surface area contributed by atoms with Crippen molar-refractivity contribution >= 4 is 35.8 Å². The minimum Gasteiger partial charge on any atom is -0.489 e. The summed E-state index contributed by atoms with van der Waals surface area (Å²) in [5.74, 6) is 0.716. The summed E-state index contributed by atoms with van der Waals surface area (Å²) in [6, 6.07) is 13.6. The molecule has 6 nitrogen and oxygen atoms in total. The lowest BCUT2D eigenvalue weighted by molar-refractivity contribution is 0.0955. The Morgan fingerprint density at radius 1 is 1.10 bits per heavy atom. The summed E-state index contributed by atoms with van der Waals surface area (Å²) < 4.78 is 19.2. The Morgan fingerprint density at radius 2 is 1.87 bits per heavy atom. The number of aliphatic imine (C=N–C) groups is 1. The van der Waals surface area contributed by atoms with Crippen molar-refractivity contribution in [3.05, 3.63) is 65.5 Å². The molecule has 0 saturated heterocycles. The topological polar surface area (TPSA) is 74.8 Å². The third kappa shape index (κ3) is 8.56. The first kappa shape index (κ1) is 25.7. The van der Waals surface area contributed by atoms with Gasteiger partial charge in [0.1, 0.15) is 17.7 Å². The molecular weight excluding hydrogens is 498 g/mol. The van der Waals surface area contributed by atoms with Gasteiger partial charge in [-0.25, -0.2) is 4.39 Å². The fourth-order valence-corrected chi connectivity index (χ4v) is 2.70. The predicted molar refractivity (Wildman–Crippen MR) is 129 cm³/mol. The molecule has 0 saturated carbocycles. The molecule has 0 aliphatic carbocycles. The monoisotopic (exact) mass is 528 g/mol. The number of carbonyl (C=O) groups is 1. The molecule has 0 heterocycles. The average molecular weight is 528 g/mol. The van der Waals surface area contributed by atoms with E-state index in [1.54, 1.807) is 25.2 Å². The molecule has 0 bridgehead atoms. The molecule has 164 valence electrons. The van der Waals surface area contributed by atoms with E-state index in [4.69, 9.17) is 4.74 Å². The Balaban J connectivity index is 0.00000450. The fourth-order valence-electron chi connectivity index (χ4n) is 2.70. The van der Waals surface area contributed by atoms with Crippen molar-refractivity contribution in [2.75, 3.05) is 20.1 Å². The normalized spacial score (nSPS) is 11.8. The Labute approximate surface area is 194 Å². The van der Waals surface area contributed by atoms with E-state index in [0.29, 0.717) is 36.9 Å². The van der Waals surface area contributed by atoms with Crippen LogP contribution < -0.4 is 20.7 Å². The van der Waals surface area contributed by atoms with Crippen LogP contribution in [0.2, 0.25) is 0 Å². The van der Waals surface area contributed by atoms with Gasteiger partial charge in [-0.2, -0.15) is 0 Å². The van der Waals surface area contributed by atoms with Crippen LogP contribution in [-0.2, 0) is 6.54 Å². The Morgan fingerprint density at radius 3 is 2.53 bits per heavy atom.